The molecule has 0 spiro atoms. The highest BCUT2D eigenvalue weighted by Crippen LogP contribution is 2.26. The molecule has 0 aliphatic heterocycles. The number of aromatic nitrogens is 3. The van der Waals surface area contributed by atoms with Crippen molar-refractivity contribution in [2.24, 2.45) is 0 Å². The Morgan fingerprint density at radius 1 is 0.875 bits per heavy atom. The number of nitrogens with two attached hydrogens (primary N) is 4. The van der Waals surface area contributed by atoms with Crippen LogP contribution < -0.4 is 22.9 Å². The van der Waals surface area contributed by atoms with Gasteiger partial charge in [0, 0.05) is 23.0 Å². The van der Waals surface area contributed by atoms with E-state index in [9.17, 15) is 0 Å². The summed E-state index contributed by atoms with van der Waals surface area (Å²) in [4.78, 5) is 12.2. The molecule has 24 heavy (non-hydrogen) atoms. The lowest BCUT2D eigenvalue weighted by Gasteiger charge is -2.08. The first-order valence-electron chi connectivity index (χ1n) is 7.05. The second kappa shape index (κ2) is 6.14. The van der Waals surface area contributed by atoms with E-state index >= 15 is 0 Å². The van der Waals surface area contributed by atoms with E-state index in [1.54, 1.807) is 30.5 Å². The van der Waals surface area contributed by atoms with E-state index < -0.39 is 0 Å². The summed E-state index contributed by atoms with van der Waals surface area (Å²) in [5, 5.41) is 0. The Hall–Kier alpha value is -3.79. The normalized spacial score (nSPS) is 10.0. The molecule has 0 fully saturated rings. The molecule has 0 unspecified atom stereocenters. The molecule has 8 N–H and O–H groups in total. The van der Waals surface area contributed by atoms with Crippen molar-refractivity contribution in [3.63, 3.8) is 0 Å². The first-order chi connectivity index (χ1) is 11.5. The number of hydrogen-bond acceptors (Lipinski definition) is 7. The van der Waals surface area contributed by atoms with Crippen LogP contribution in [0.1, 0.15) is 11.1 Å². The molecule has 0 amide bonds. The Bertz CT molecular complexity index is 953. The van der Waals surface area contributed by atoms with Crippen molar-refractivity contribution in [2.75, 3.05) is 22.9 Å². The van der Waals surface area contributed by atoms with Crippen molar-refractivity contribution < 1.29 is 0 Å². The van der Waals surface area contributed by atoms with Gasteiger partial charge in [-0.15, -0.1) is 0 Å². The first kappa shape index (κ1) is 15.1. The second-order valence-electron chi connectivity index (χ2n) is 5.04. The Morgan fingerprint density at radius 2 is 1.71 bits per heavy atom. The monoisotopic (exact) mass is 317 g/mol. The number of hydrogen-bond donors (Lipinski definition) is 4. The highest BCUT2D eigenvalue weighted by atomic mass is 15.0. The van der Waals surface area contributed by atoms with Crippen LogP contribution in [0.3, 0.4) is 0 Å². The van der Waals surface area contributed by atoms with Crippen LogP contribution in [0.2, 0.25) is 0 Å². The molecule has 2 heterocycles. The molecular formula is C17H15N7. The summed E-state index contributed by atoms with van der Waals surface area (Å²) in [6, 6.07) is 10.7. The van der Waals surface area contributed by atoms with Crippen LogP contribution >= 0.6 is 0 Å². The van der Waals surface area contributed by atoms with Gasteiger partial charge in [-0.1, -0.05) is 24.0 Å². The second-order valence-corrected chi connectivity index (χ2v) is 5.04. The molecule has 7 nitrogen and oxygen atoms in total. The lowest BCUT2D eigenvalue weighted by atomic mass is 10.1. The largest absolute Gasteiger partial charge is 0.399 e. The van der Waals surface area contributed by atoms with Gasteiger partial charge in [-0.05, 0) is 24.3 Å². The SMILES string of the molecule is Nc1cccc(-c2nc(N)nc(N)c2C#Cc2ccc(N)nc2)c1. The third kappa shape index (κ3) is 3.18. The number of nitrogens with zero attached hydrogens (tertiary/aromatic N) is 3. The van der Waals surface area contributed by atoms with Crippen molar-refractivity contribution in [1.29, 1.82) is 0 Å². The maximum Gasteiger partial charge on any atom is 0.222 e. The zero-order valence-corrected chi connectivity index (χ0v) is 12.7. The van der Waals surface area contributed by atoms with Crippen molar-refractivity contribution in [1.82, 2.24) is 15.0 Å². The predicted octanol–water partition coefficient (Wildman–Crippen LogP) is 1.27. The van der Waals surface area contributed by atoms with Crippen molar-refractivity contribution in [3.8, 4) is 23.1 Å². The molecule has 0 saturated heterocycles. The lowest BCUT2D eigenvalue weighted by molar-refractivity contribution is 1.19. The minimum Gasteiger partial charge on any atom is -0.399 e. The lowest BCUT2D eigenvalue weighted by Crippen LogP contribution is -2.05. The summed E-state index contributed by atoms with van der Waals surface area (Å²) in [5.74, 6) is 6.66. The fraction of sp³-hybridized carbons (Fsp3) is 0. The summed E-state index contributed by atoms with van der Waals surface area (Å²) >= 11 is 0. The molecule has 3 rings (SSSR count). The number of nitrogen functional groups attached to an aromatic ring is 4. The minimum absolute atomic E-state index is 0.0737. The topological polar surface area (TPSA) is 143 Å². The van der Waals surface area contributed by atoms with Crippen LogP contribution in [0.5, 0.6) is 0 Å². The zero-order valence-electron chi connectivity index (χ0n) is 12.7. The molecule has 7 heteroatoms. The number of benzene rings is 1. The van der Waals surface area contributed by atoms with E-state index in [1.807, 2.05) is 12.1 Å². The highest BCUT2D eigenvalue weighted by molar-refractivity contribution is 5.76. The standard InChI is InChI=1S/C17H15N7/c18-12-3-1-2-11(8-12)15-13(16(20)24-17(21)23-15)6-4-10-5-7-14(19)22-9-10/h1-3,5,7-9H,18H2,(H2,19,22)(H4,20,21,23,24). The van der Waals surface area contributed by atoms with Crippen LogP contribution in [0.15, 0.2) is 42.6 Å². The maximum absolute atomic E-state index is 5.99. The van der Waals surface area contributed by atoms with Gasteiger partial charge in [0.1, 0.15) is 11.6 Å². The van der Waals surface area contributed by atoms with Gasteiger partial charge in [0.2, 0.25) is 5.95 Å². The van der Waals surface area contributed by atoms with Gasteiger partial charge in [0.15, 0.2) is 0 Å². The number of anilines is 4. The Labute approximate surface area is 138 Å². The van der Waals surface area contributed by atoms with Crippen LogP contribution in [-0.2, 0) is 0 Å². The first-order valence-corrected chi connectivity index (χ1v) is 7.05. The van der Waals surface area contributed by atoms with E-state index in [1.165, 1.54) is 0 Å². The molecule has 0 aliphatic carbocycles. The summed E-state index contributed by atoms with van der Waals surface area (Å²) in [7, 11) is 0. The third-order valence-electron chi connectivity index (χ3n) is 3.23. The van der Waals surface area contributed by atoms with Gasteiger partial charge in [-0.2, -0.15) is 4.98 Å². The van der Waals surface area contributed by atoms with Gasteiger partial charge in [-0.25, -0.2) is 9.97 Å². The zero-order chi connectivity index (χ0) is 17.1. The molecule has 3 aromatic rings. The predicted molar refractivity (Wildman–Crippen MR) is 95.3 cm³/mol. The van der Waals surface area contributed by atoms with Gasteiger partial charge < -0.3 is 22.9 Å². The molecule has 2 aromatic heterocycles. The smallest absolute Gasteiger partial charge is 0.222 e. The van der Waals surface area contributed by atoms with E-state index in [0.29, 0.717) is 28.3 Å². The van der Waals surface area contributed by atoms with Gasteiger partial charge in [0.05, 0.1) is 11.3 Å². The molecule has 0 saturated carbocycles. The van der Waals surface area contributed by atoms with Crippen molar-refractivity contribution >= 4 is 23.3 Å². The molecule has 0 radical (unpaired) electrons. The molecule has 118 valence electrons. The van der Waals surface area contributed by atoms with E-state index in [0.717, 1.165) is 5.56 Å². The third-order valence-corrected chi connectivity index (χ3v) is 3.23. The summed E-state index contributed by atoms with van der Waals surface area (Å²) in [5.41, 5.74) is 26.2. The van der Waals surface area contributed by atoms with Gasteiger partial charge >= 0.3 is 0 Å². The van der Waals surface area contributed by atoms with Gasteiger partial charge in [-0.3, -0.25) is 0 Å². The van der Waals surface area contributed by atoms with Crippen LogP contribution in [-0.4, -0.2) is 15.0 Å². The Morgan fingerprint density at radius 3 is 2.42 bits per heavy atom. The summed E-state index contributed by atoms with van der Waals surface area (Å²) in [6.07, 6.45) is 1.58. The number of rotatable bonds is 1. The van der Waals surface area contributed by atoms with Gasteiger partial charge in [0.25, 0.3) is 0 Å². The Kier molecular flexibility index (Phi) is 3.87. The van der Waals surface area contributed by atoms with Crippen LogP contribution in [0.4, 0.5) is 23.3 Å². The van der Waals surface area contributed by atoms with Crippen molar-refractivity contribution in [3.05, 3.63) is 53.7 Å². The van der Waals surface area contributed by atoms with E-state index in [-0.39, 0.29) is 11.8 Å². The fourth-order valence-electron chi connectivity index (χ4n) is 2.13. The van der Waals surface area contributed by atoms with E-state index in [2.05, 4.69) is 26.8 Å². The molecule has 0 bridgehead atoms. The van der Waals surface area contributed by atoms with Crippen LogP contribution in [0.25, 0.3) is 11.3 Å². The molecule has 0 aliphatic rings. The highest BCUT2D eigenvalue weighted by Gasteiger charge is 2.12. The average molecular weight is 317 g/mol. The maximum atomic E-state index is 5.99. The minimum atomic E-state index is 0.0737. The van der Waals surface area contributed by atoms with Crippen LogP contribution in [0, 0.1) is 11.8 Å². The summed E-state index contributed by atoms with van der Waals surface area (Å²) < 4.78 is 0. The molecule has 0 atom stereocenters. The quantitative estimate of drug-likeness (QED) is 0.391. The Balaban J connectivity index is 2.12. The fourth-order valence-corrected chi connectivity index (χ4v) is 2.13. The number of pyridine rings is 1. The molecular weight excluding hydrogens is 302 g/mol. The van der Waals surface area contributed by atoms with Crippen molar-refractivity contribution in [2.45, 2.75) is 0 Å². The van der Waals surface area contributed by atoms with E-state index in [4.69, 9.17) is 22.9 Å². The molecule has 1 aromatic carbocycles. The average Bonchev–Trinajstić information content (AvgIpc) is 2.55. The summed E-state index contributed by atoms with van der Waals surface area (Å²) in [6.45, 7) is 0.